The second kappa shape index (κ2) is 3.26. The molecule has 0 heterocycles. The van der Waals surface area contributed by atoms with E-state index in [4.69, 9.17) is 0 Å². The third-order valence-electron chi connectivity index (χ3n) is 1.57. The molecule has 0 atom stereocenters. The minimum atomic E-state index is -0.253. The van der Waals surface area contributed by atoms with Gasteiger partial charge in [-0.3, -0.25) is 0 Å². The van der Waals surface area contributed by atoms with Gasteiger partial charge < -0.3 is 0 Å². The van der Waals surface area contributed by atoms with Crippen molar-refractivity contribution in [2.75, 3.05) is 0 Å². The molecule has 1 aliphatic rings. The van der Waals surface area contributed by atoms with E-state index in [-0.39, 0.29) is 15.4 Å². The van der Waals surface area contributed by atoms with Gasteiger partial charge in [0.05, 0.1) is 0 Å². The van der Waals surface area contributed by atoms with Crippen molar-refractivity contribution >= 4 is 15.4 Å². The monoisotopic (exact) mass is 184 g/mol. The van der Waals surface area contributed by atoms with Crippen LogP contribution in [0.4, 0.5) is 0 Å². The van der Waals surface area contributed by atoms with Crippen LogP contribution in [0, 0.1) is 0 Å². The van der Waals surface area contributed by atoms with E-state index in [0.29, 0.717) is 0 Å². The topological polar surface area (TPSA) is 0 Å². The van der Waals surface area contributed by atoms with Gasteiger partial charge in [0.15, 0.2) is 0 Å². The van der Waals surface area contributed by atoms with Gasteiger partial charge in [-0.05, 0) is 0 Å². The summed E-state index contributed by atoms with van der Waals surface area (Å²) in [6.07, 6.45) is 9.05. The molecule has 0 N–H and O–H groups in total. The molecule has 1 rings (SSSR count). The van der Waals surface area contributed by atoms with Crippen LogP contribution in [0.5, 0.6) is 0 Å². The SMILES string of the molecule is C[CH](C)[GeH2][CH]1C=CC=C1. The Balaban J connectivity index is 2.29. The van der Waals surface area contributed by atoms with Crippen LogP contribution in [0.2, 0.25) is 9.50 Å². The Hall–Kier alpha value is 0.0229. The Morgan fingerprint density at radius 3 is 2.22 bits per heavy atom. The Labute approximate surface area is 63.5 Å². The predicted molar refractivity (Wildman–Crippen MR) is 45.7 cm³/mol. The van der Waals surface area contributed by atoms with Crippen LogP contribution < -0.4 is 0 Å². The summed E-state index contributed by atoms with van der Waals surface area (Å²) in [4.78, 5) is 0. The molecule has 0 unspecified atom stereocenters. The molecule has 1 heteroatoms. The fraction of sp³-hybridized carbons (Fsp3) is 0.500. The summed E-state index contributed by atoms with van der Waals surface area (Å²) in [6, 6.07) is 0. The molecule has 0 fully saturated rings. The van der Waals surface area contributed by atoms with Crippen LogP contribution in [0.3, 0.4) is 0 Å². The zero-order valence-corrected chi connectivity index (χ0v) is 9.14. The zero-order valence-electron chi connectivity index (χ0n) is 6.17. The van der Waals surface area contributed by atoms with Gasteiger partial charge in [-0.2, -0.15) is 0 Å². The summed E-state index contributed by atoms with van der Waals surface area (Å²) < 4.78 is 1.92. The van der Waals surface area contributed by atoms with Crippen molar-refractivity contribution in [2.24, 2.45) is 0 Å². The summed E-state index contributed by atoms with van der Waals surface area (Å²) >= 11 is -0.253. The van der Waals surface area contributed by atoms with Crippen molar-refractivity contribution < 1.29 is 0 Å². The fourth-order valence-electron chi connectivity index (χ4n) is 1.18. The van der Waals surface area contributed by atoms with Crippen LogP contribution in [-0.4, -0.2) is 15.4 Å². The average molecular weight is 183 g/mol. The van der Waals surface area contributed by atoms with E-state index in [0.717, 1.165) is 9.50 Å². The molecule has 0 radical (unpaired) electrons. The van der Waals surface area contributed by atoms with Crippen LogP contribution >= 0.6 is 0 Å². The molecule has 0 aromatic heterocycles. The molecule has 0 aliphatic heterocycles. The first kappa shape index (κ1) is 7.13. The number of hydrogen-bond donors (Lipinski definition) is 0. The Morgan fingerprint density at radius 1 is 1.22 bits per heavy atom. The summed E-state index contributed by atoms with van der Waals surface area (Å²) in [5, 5.41) is 0. The molecule has 0 nitrogen and oxygen atoms in total. The van der Waals surface area contributed by atoms with Gasteiger partial charge >= 0.3 is 63.1 Å². The van der Waals surface area contributed by atoms with Gasteiger partial charge in [0.25, 0.3) is 0 Å². The molecule has 0 amide bonds. The molecular formula is C8H14Ge. The van der Waals surface area contributed by atoms with Crippen LogP contribution in [-0.2, 0) is 0 Å². The van der Waals surface area contributed by atoms with Gasteiger partial charge in [-0.1, -0.05) is 0 Å². The Kier molecular flexibility index (Phi) is 2.58. The van der Waals surface area contributed by atoms with E-state index in [9.17, 15) is 0 Å². The third kappa shape index (κ3) is 2.40. The van der Waals surface area contributed by atoms with Gasteiger partial charge in [-0.25, -0.2) is 0 Å². The molecule has 0 spiro atoms. The third-order valence-corrected chi connectivity index (χ3v) is 5.83. The zero-order chi connectivity index (χ0) is 6.69. The van der Waals surface area contributed by atoms with Crippen LogP contribution in [0.1, 0.15) is 13.8 Å². The Morgan fingerprint density at radius 2 is 1.78 bits per heavy atom. The van der Waals surface area contributed by atoms with Crippen molar-refractivity contribution in [2.45, 2.75) is 23.3 Å². The van der Waals surface area contributed by atoms with E-state index in [1.807, 2.05) is 0 Å². The van der Waals surface area contributed by atoms with Gasteiger partial charge in [0.1, 0.15) is 0 Å². The molecule has 0 aromatic carbocycles. The summed E-state index contributed by atoms with van der Waals surface area (Å²) in [6.45, 7) is 4.69. The van der Waals surface area contributed by atoms with Crippen molar-refractivity contribution in [1.29, 1.82) is 0 Å². The van der Waals surface area contributed by atoms with E-state index >= 15 is 0 Å². The molecule has 0 saturated heterocycles. The molecule has 9 heavy (non-hydrogen) atoms. The molecule has 1 aliphatic carbocycles. The average Bonchev–Trinajstić information content (AvgIpc) is 2.15. The number of allylic oxidation sites excluding steroid dienone is 4. The van der Waals surface area contributed by atoms with Gasteiger partial charge in [-0.15, -0.1) is 0 Å². The van der Waals surface area contributed by atoms with Crippen molar-refractivity contribution in [3.8, 4) is 0 Å². The van der Waals surface area contributed by atoms with Crippen LogP contribution in [0.15, 0.2) is 24.3 Å². The maximum atomic E-state index is 2.35. The molecule has 50 valence electrons. The Bertz CT molecular complexity index is 122. The van der Waals surface area contributed by atoms with Crippen molar-refractivity contribution in [3.05, 3.63) is 24.3 Å². The first-order chi connectivity index (χ1) is 4.29. The second-order valence-electron chi connectivity index (χ2n) is 3.06. The molecule has 0 saturated carbocycles. The summed E-state index contributed by atoms with van der Waals surface area (Å²) in [7, 11) is 0. The van der Waals surface area contributed by atoms with Crippen molar-refractivity contribution in [3.63, 3.8) is 0 Å². The van der Waals surface area contributed by atoms with Gasteiger partial charge in [0, 0.05) is 0 Å². The molecular weight excluding hydrogens is 169 g/mol. The number of rotatable bonds is 2. The summed E-state index contributed by atoms with van der Waals surface area (Å²) in [5.74, 6) is 0. The fourth-order valence-corrected chi connectivity index (χ4v) is 4.78. The van der Waals surface area contributed by atoms with Gasteiger partial charge in [0.2, 0.25) is 0 Å². The number of hydrogen-bond acceptors (Lipinski definition) is 0. The first-order valence-electron chi connectivity index (χ1n) is 3.64. The predicted octanol–water partition coefficient (Wildman–Crippen LogP) is 1.90. The normalized spacial score (nSPS) is 19.4. The minimum absolute atomic E-state index is 0.253. The standard InChI is InChI=1S/C8H14Ge/c1-7(2)9-8-5-3-4-6-8/h3-8H,9H2,1-2H3. The van der Waals surface area contributed by atoms with Crippen molar-refractivity contribution in [1.82, 2.24) is 0 Å². The van der Waals surface area contributed by atoms with E-state index in [1.165, 1.54) is 0 Å². The van der Waals surface area contributed by atoms with E-state index in [2.05, 4.69) is 38.2 Å². The quantitative estimate of drug-likeness (QED) is 0.573. The summed E-state index contributed by atoms with van der Waals surface area (Å²) in [5.41, 5.74) is 0. The second-order valence-corrected chi connectivity index (χ2v) is 9.46. The van der Waals surface area contributed by atoms with Crippen LogP contribution in [0.25, 0.3) is 0 Å². The van der Waals surface area contributed by atoms with E-state index in [1.54, 1.807) is 0 Å². The maximum absolute atomic E-state index is 2.35. The first-order valence-corrected chi connectivity index (χ1v) is 7.06. The molecule has 0 bridgehead atoms. The van der Waals surface area contributed by atoms with E-state index < -0.39 is 0 Å². The molecule has 0 aromatic rings.